The zero-order chi connectivity index (χ0) is 19.2. The van der Waals surface area contributed by atoms with E-state index in [9.17, 15) is 4.79 Å². The first-order chi connectivity index (χ1) is 13.8. The van der Waals surface area contributed by atoms with Gasteiger partial charge in [0.1, 0.15) is 18.0 Å². The summed E-state index contributed by atoms with van der Waals surface area (Å²) in [6, 6.07) is 21.1. The standard InChI is InChI=1S/C23H23N3O2/c27-23(20-6-8-22(9-7-20)28-21-4-2-1-3-5-21)26-16-14-25(15-17-26)18-19-10-12-24-13-11-19/h1-13H,14-18H2/p+1. The number of aromatic nitrogens is 1. The third-order valence-electron chi connectivity index (χ3n) is 5.04. The number of hydrogen-bond acceptors (Lipinski definition) is 3. The van der Waals surface area contributed by atoms with E-state index in [1.54, 1.807) is 0 Å². The number of nitrogens with one attached hydrogen (secondary N) is 1. The molecule has 4 rings (SSSR count). The molecule has 1 aliphatic heterocycles. The predicted molar refractivity (Wildman–Crippen MR) is 107 cm³/mol. The summed E-state index contributed by atoms with van der Waals surface area (Å²) in [5.74, 6) is 1.61. The number of carbonyl (C=O) groups excluding carboxylic acids is 1. The maximum absolute atomic E-state index is 12.8. The quantitative estimate of drug-likeness (QED) is 0.746. The van der Waals surface area contributed by atoms with Crippen LogP contribution in [0.1, 0.15) is 15.9 Å². The van der Waals surface area contributed by atoms with E-state index in [2.05, 4.69) is 17.1 Å². The van der Waals surface area contributed by atoms with E-state index < -0.39 is 0 Å². The molecule has 1 amide bonds. The molecule has 1 aromatic heterocycles. The molecule has 2 heterocycles. The summed E-state index contributed by atoms with van der Waals surface area (Å²) in [5, 5.41) is 0. The fourth-order valence-electron chi connectivity index (χ4n) is 3.46. The summed E-state index contributed by atoms with van der Waals surface area (Å²) in [7, 11) is 0. The van der Waals surface area contributed by atoms with Gasteiger partial charge in [0.25, 0.3) is 5.91 Å². The number of piperazine rings is 1. The van der Waals surface area contributed by atoms with Crippen molar-refractivity contribution in [2.75, 3.05) is 26.2 Å². The summed E-state index contributed by atoms with van der Waals surface area (Å²) < 4.78 is 5.80. The highest BCUT2D eigenvalue weighted by atomic mass is 16.5. The third-order valence-corrected chi connectivity index (χ3v) is 5.04. The Labute approximate surface area is 165 Å². The van der Waals surface area contributed by atoms with E-state index in [-0.39, 0.29) is 5.91 Å². The molecule has 0 saturated carbocycles. The molecule has 1 N–H and O–H groups in total. The summed E-state index contributed by atoms with van der Waals surface area (Å²) in [6.07, 6.45) is 3.67. The van der Waals surface area contributed by atoms with Gasteiger partial charge in [-0.05, 0) is 48.5 Å². The van der Waals surface area contributed by atoms with Gasteiger partial charge in [-0.2, -0.15) is 0 Å². The van der Waals surface area contributed by atoms with Gasteiger partial charge >= 0.3 is 0 Å². The number of hydrogen-bond donors (Lipinski definition) is 1. The van der Waals surface area contributed by atoms with Gasteiger partial charge < -0.3 is 14.5 Å². The summed E-state index contributed by atoms with van der Waals surface area (Å²) in [6.45, 7) is 4.46. The minimum Gasteiger partial charge on any atom is -0.457 e. The van der Waals surface area contributed by atoms with E-state index in [0.717, 1.165) is 44.2 Å². The molecule has 142 valence electrons. The number of amides is 1. The molecule has 0 radical (unpaired) electrons. The minimum absolute atomic E-state index is 0.0919. The van der Waals surface area contributed by atoms with Gasteiger partial charge in [0, 0.05) is 23.5 Å². The molecule has 28 heavy (non-hydrogen) atoms. The topological polar surface area (TPSA) is 46.9 Å². The van der Waals surface area contributed by atoms with Crippen molar-refractivity contribution >= 4 is 5.91 Å². The van der Waals surface area contributed by atoms with Gasteiger partial charge in [0.15, 0.2) is 0 Å². The Kier molecular flexibility index (Phi) is 5.64. The Morgan fingerprint density at radius 3 is 2.21 bits per heavy atom. The molecule has 1 saturated heterocycles. The molecule has 1 aliphatic rings. The smallest absolute Gasteiger partial charge is 0.254 e. The highest BCUT2D eigenvalue weighted by Gasteiger charge is 2.24. The van der Waals surface area contributed by atoms with Crippen LogP contribution >= 0.6 is 0 Å². The maximum Gasteiger partial charge on any atom is 0.254 e. The average molecular weight is 374 g/mol. The van der Waals surface area contributed by atoms with Crippen LogP contribution in [0.2, 0.25) is 0 Å². The lowest BCUT2D eigenvalue weighted by Crippen LogP contribution is -3.13. The molecule has 0 unspecified atom stereocenters. The predicted octanol–water partition coefficient (Wildman–Crippen LogP) is 2.41. The number of rotatable bonds is 5. The van der Waals surface area contributed by atoms with Crippen molar-refractivity contribution in [1.29, 1.82) is 0 Å². The van der Waals surface area contributed by atoms with Crippen molar-refractivity contribution in [2.24, 2.45) is 0 Å². The molecule has 0 aliphatic carbocycles. The summed E-state index contributed by atoms with van der Waals surface area (Å²) in [4.78, 5) is 20.3. The van der Waals surface area contributed by atoms with Crippen LogP contribution < -0.4 is 9.64 Å². The van der Waals surface area contributed by atoms with E-state index in [0.29, 0.717) is 5.56 Å². The lowest BCUT2D eigenvalue weighted by atomic mass is 10.1. The van der Waals surface area contributed by atoms with Crippen LogP contribution in [0.3, 0.4) is 0 Å². The number of nitrogens with zero attached hydrogens (tertiary/aromatic N) is 2. The molecule has 0 bridgehead atoms. The number of ether oxygens (including phenoxy) is 1. The van der Waals surface area contributed by atoms with E-state index in [4.69, 9.17) is 4.74 Å². The van der Waals surface area contributed by atoms with Crippen molar-refractivity contribution in [2.45, 2.75) is 6.54 Å². The highest BCUT2D eigenvalue weighted by molar-refractivity contribution is 5.94. The van der Waals surface area contributed by atoms with Gasteiger partial charge in [-0.25, -0.2) is 0 Å². The largest absolute Gasteiger partial charge is 0.457 e. The van der Waals surface area contributed by atoms with Crippen LogP contribution in [-0.2, 0) is 6.54 Å². The number of pyridine rings is 1. The van der Waals surface area contributed by atoms with Gasteiger partial charge in [0.2, 0.25) is 0 Å². The normalized spacial score (nSPS) is 14.6. The molecule has 1 fully saturated rings. The van der Waals surface area contributed by atoms with Crippen molar-refractivity contribution < 1.29 is 14.4 Å². The number of carbonyl (C=O) groups is 1. The second kappa shape index (κ2) is 8.67. The fraction of sp³-hybridized carbons (Fsp3) is 0.217. The summed E-state index contributed by atoms with van der Waals surface area (Å²) in [5.41, 5.74) is 2.00. The lowest BCUT2D eigenvalue weighted by Gasteiger charge is -2.32. The van der Waals surface area contributed by atoms with Crippen molar-refractivity contribution in [1.82, 2.24) is 9.88 Å². The highest BCUT2D eigenvalue weighted by Crippen LogP contribution is 2.21. The molecular formula is C23H24N3O2+. The minimum atomic E-state index is 0.0919. The Morgan fingerprint density at radius 1 is 0.893 bits per heavy atom. The maximum atomic E-state index is 12.8. The van der Waals surface area contributed by atoms with Gasteiger partial charge in [-0.3, -0.25) is 9.78 Å². The third kappa shape index (κ3) is 4.56. The van der Waals surface area contributed by atoms with E-state index >= 15 is 0 Å². The SMILES string of the molecule is O=C(c1ccc(Oc2ccccc2)cc1)N1CC[NH+](Cc2ccncc2)CC1. The summed E-state index contributed by atoms with van der Waals surface area (Å²) >= 11 is 0. The monoisotopic (exact) mass is 374 g/mol. The zero-order valence-electron chi connectivity index (χ0n) is 15.8. The van der Waals surface area contributed by atoms with Crippen LogP contribution in [0.15, 0.2) is 79.1 Å². The zero-order valence-corrected chi connectivity index (χ0v) is 15.8. The second-order valence-electron chi connectivity index (χ2n) is 7.01. The van der Waals surface area contributed by atoms with Crippen molar-refractivity contribution in [3.8, 4) is 11.5 Å². The Morgan fingerprint density at radius 2 is 1.54 bits per heavy atom. The van der Waals surface area contributed by atoms with Gasteiger partial charge in [-0.1, -0.05) is 18.2 Å². The average Bonchev–Trinajstić information content (AvgIpc) is 2.76. The van der Waals surface area contributed by atoms with Crippen LogP contribution in [0.4, 0.5) is 0 Å². The molecule has 3 aromatic rings. The second-order valence-corrected chi connectivity index (χ2v) is 7.01. The number of para-hydroxylation sites is 1. The first-order valence-corrected chi connectivity index (χ1v) is 9.63. The van der Waals surface area contributed by atoms with Crippen LogP contribution in [-0.4, -0.2) is 42.0 Å². The van der Waals surface area contributed by atoms with Crippen LogP contribution in [0.25, 0.3) is 0 Å². The molecule has 0 atom stereocenters. The van der Waals surface area contributed by atoms with Crippen LogP contribution in [0.5, 0.6) is 11.5 Å². The first-order valence-electron chi connectivity index (χ1n) is 9.63. The van der Waals surface area contributed by atoms with Crippen LogP contribution in [0, 0.1) is 0 Å². The molecule has 2 aromatic carbocycles. The number of quaternary nitrogens is 1. The molecule has 5 nitrogen and oxygen atoms in total. The Balaban J connectivity index is 1.31. The first kappa shape index (κ1) is 18.2. The van der Waals surface area contributed by atoms with E-state index in [1.807, 2.05) is 71.9 Å². The molecule has 0 spiro atoms. The van der Waals surface area contributed by atoms with E-state index in [1.165, 1.54) is 10.5 Å². The Bertz CT molecular complexity index is 890. The molecule has 5 heteroatoms. The van der Waals surface area contributed by atoms with Gasteiger partial charge in [-0.15, -0.1) is 0 Å². The van der Waals surface area contributed by atoms with Gasteiger partial charge in [0.05, 0.1) is 26.2 Å². The van der Waals surface area contributed by atoms with Crippen molar-refractivity contribution in [3.05, 3.63) is 90.3 Å². The fourth-order valence-corrected chi connectivity index (χ4v) is 3.46. The Hall–Kier alpha value is -3.18. The molecular weight excluding hydrogens is 350 g/mol. The number of benzene rings is 2. The van der Waals surface area contributed by atoms with Crippen molar-refractivity contribution in [3.63, 3.8) is 0 Å². The lowest BCUT2D eigenvalue weighted by molar-refractivity contribution is -0.917.